The lowest BCUT2D eigenvalue weighted by Gasteiger charge is -2.24. The highest BCUT2D eigenvalue weighted by atomic mass is 32.2. The number of nitrogens with zero attached hydrogens (tertiary/aromatic N) is 2. The Morgan fingerprint density at radius 3 is 2.84 bits per heavy atom. The average molecular weight is 285 g/mol. The molecule has 0 aromatic rings. The number of thioether (sulfide) groups is 1. The molecule has 0 atom stereocenters. The number of carbonyl (C=O) groups excluding carboxylic acids is 2. The molecule has 2 amide bonds. The maximum Gasteiger partial charge on any atom is 0.241 e. The van der Waals surface area contributed by atoms with Crippen LogP contribution < -0.4 is 5.32 Å². The Balaban J connectivity index is 1.76. The highest BCUT2D eigenvalue weighted by molar-refractivity contribution is 8.00. The van der Waals surface area contributed by atoms with Crippen LogP contribution >= 0.6 is 11.8 Å². The molecule has 0 aromatic heterocycles. The van der Waals surface area contributed by atoms with Crippen molar-refractivity contribution in [2.75, 3.05) is 45.5 Å². The molecule has 2 saturated heterocycles. The number of likely N-dealkylation sites (N-methyl/N-ethyl adjacent to an activating group) is 1. The molecule has 6 heteroatoms. The van der Waals surface area contributed by atoms with E-state index in [1.54, 1.807) is 28.6 Å². The van der Waals surface area contributed by atoms with Crippen LogP contribution in [0, 0.1) is 0 Å². The minimum atomic E-state index is 0.0534. The van der Waals surface area contributed by atoms with Crippen molar-refractivity contribution in [2.45, 2.75) is 24.5 Å². The summed E-state index contributed by atoms with van der Waals surface area (Å²) in [6.07, 6.45) is 3.16. The summed E-state index contributed by atoms with van der Waals surface area (Å²) in [6, 6.07) is 0. The van der Waals surface area contributed by atoms with Crippen LogP contribution in [0.3, 0.4) is 0 Å². The summed E-state index contributed by atoms with van der Waals surface area (Å²) in [5, 5.41) is 3.92. The molecule has 2 fully saturated rings. The lowest BCUT2D eigenvalue weighted by atomic mass is 10.2. The number of hydrogen-bond donors (Lipinski definition) is 1. The Bertz CT molecular complexity index is 332. The van der Waals surface area contributed by atoms with Crippen LogP contribution in [0.4, 0.5) is 0 Å². The fraction of sp³-hybridized carbons (Fsp3) is 0.846. The minimum absolute atomic E-state index is 0.0534. The highest BCUT2D eigenvalue weighted by Crippen LogP contribution is 2.20. The topological polar surface area (TPSA) is 52.6 Å². The Morgan fingerprint density at radius 2 is 2.11 bits per heavy atom. The van der Waals surface area contributed by atoms with Gasteiger partial charge in [0.2, 0.25) is 11.8 Å². The van der Waals surface area contributed by atoms with E-state index in [9.17, 15) is 9.59 Å². The Kier molecular flexibility index (Phi) is 5.51. The van der Waals surface area contributed by atoms with Gasteiger partial charge in [0.15, 0.2) is 0 Å². The Labute approximate surface area is 119 Å². The van der Waals surface area contributed by atoms with E-state index in [4.69, 9.17) is 0 Å². The summed E-state index contributed by atoms with van der Waals surface area (Å²) in [7, 11) is 1.81. The number of piperidine rings is 1. The van der Waals surface area contributed by atoms with Gasteiger partial charge in [0.1, 0.15) is 0 Å². The second-order valence-electron chi connectivity index (χ2n) is 5.24. The standard InChI is InChI=1S/C13H23N3O2S/c1-15-7-2-8-16(9-12(15)17)13(18)10-19-11-3-5-14-6-4-11/h11,14H,2-10H2,1H3. The monoisotopic (exact) mass is 285 g/mol. The first-order chi connectivity index (χ1) is 9.16. The molecule has 0 radical (unpaired) electrons. The van der Waals surface area contributed by atoms with Gasteiger partial charge in [-0.05, 0) is 32.4 Å². The van der Waals surface area contributed by atoms with Crippen molar-refractivity contribution in [3.05, 3.63) is 0 Å². The van der Waals surface area contributed by atoms with Crippen LogP contribution in [-0.2, 0) is 9.59 Å². The lowest BCUT2D eigenvalue weighted by Crippen LogP contribution is -2.39. The molecule has 0 unspecified atom stereocenters. The maximum absolute atomic E-state index is 12.2. The molecule has 19 heavy (non-hydrogen) atoms. The van der Waals surface area contributed by atoms with E-state index in [0.29, 0.717) is 17.5 Å². The number of amides is 2. The van der Waals surface area contributed by atoms with Gasteiger partial charge in [0.05, 0.1) is 12.3 Å². The van der Waals surface area contributed by atoms with Crippen LogP contribution in [0.25, 0.3) is 0 Å². The van der Waals surface area contributed by atoms with Crippen LogP contribution in [0.5, 0.6) is 0 Å². The molecule has 2 aliphatic rings. The van der Waals surface area contributed by atoms with Crippen molar-refractivity contribution >= 4 is 23.6 Å². The molecule has 0 aliphatic carbocycles. The van der Waals surface area contributed by atoms with Crippen molar-refractivity contribution in [3.8, 4) is 0 Å². The molecule has 0 aromatic carbocycles. The fourth-order valence-electron chi connectivity index (χ4n) is 2.44. The zero-order valence-corrected chi connectivity index (χ0v) is 12.4. The third-order valence-corrected chi connectivity index (χ3v) is 5.11. The quantitative estimate of drug-likeness (QED) is 0.803. The van der Waals surface area contributed by atoms with Crippen LogP contribution in [0.2, 0.25) is 0 Å². The number of carbonyl (C=O) groups is 2. The van der Waals surface area contributed by atoms with Gasteiger partial charge in [-0.15, -0.1) is 11.8 Å². The zero-order valence-electron chi connectivity index (χ0n) is 11.6. The van der Waals surface area contributed by atoms with E-state index in [2.05, 4.69) is 5.32 Å². The van der Waals surface area contributed by atoms with Gasteiger partial charge < -0.3 is 15.1 Å². The Hall–Kier alpha value is -0.750. The number of hydrogen-bond acceptors (Lipinski definition) is 4. The van der Waals surface area contributed by atoms with Crippen molar-refractivity contribution in [1.29, 1.82) is 0 Å². The summed E-state index contributed by atoms with van der Waals surface area (Å²) >= 11 is 1.75. The predicted octanol–water partition coefficient (Wildman–Crippen LogP) is 0.162. The van der Waals surface area contributed by atoms with Gasteiger partial charge in [-0.1, -0.05) is 0 Å². The molecule has 0 bridgehead atoms. The average Bonchev–Trinajstić information content (AvgIpc) is 2.60. The molecular weight excluding hydrogens is 262 g/mol. The largest absolute Gasteiger partial charge is 0.344 e. The first-order valence-electron chi connectivity index (χ1n) is 7.01. The van der Waals surface area contributed by atoms with Crippen molar-refractivity contribution in [1.82, 2.24) is 15.1 Å². The lowest BCUT2D eigenvalue weighted by molar-refractivity contribution is -0.136. The SMILES string of the molecule is CN1CCCN(C(=O)CSC2CCNCC2)CC1=O. The maximum atomic E-state index is 12.2. The van der Waals surface area contributed by atoms with E-state index in [-0.39, 0.29) is 18.4 Å². The molecule has 2 aliphatic heterocycles. The third-order valence-electron chi connectivity index (χ3n) is 3.75. The number of nitrogens with one attached hydrogen (secondary N) is 1. The second-order valence-corrected chi connectivity index (χ2v) is 6.53. The van der Waals surface area contributed by atoms with E-state index in [1.807, 2.05) is 0 Å². The predicted molar refractivity (Wildman–Crippen MR) is 77.2 cm³/mol. The van der Waals surface area contributed by atoms with Gasteiger partial charge in [-0.2, -0.15) is 0 Å². The molecule has 2 heterocycles. The molecule has 0 spiro atoms. The zero-order chi connectivity index (χ0) is 13.7. The molecule has 2 rings (SSSR count). The molecule has 0 saturated carbocycles. The number of rotatable bonds is 3. The van der Waals surface area contributed by atoms with Crippen molar-refractivity contribution in [3.63, 3.8) is 0 Å². The van der Waals surface area contributed by atoms with Crippen LogP contribution in [0.1, 0.15) is 19.3 Å². The molecule has 1 N–H and O–H groups in total. The van der Waals surface area contributed by atoms with Crippen LogP contribution in [0.15, 0.2) is 0 Å². The summed E-state index contributed by atoms with van der Waals surface area (Å²) in [4.78, 5) is 27.4. The van der Waals surface area contributed by atoms with Gasteiger partial charge in [0, 0.05) is 25.4 Å². The van der Waals surface area contributed by atoms with Gasteiger partial charge in [-0.3, -0.25) is 9.59 Å². The smallest absolute Gasteiger partial charge is 0.241 e. The van der Waals surface area contributed by atoms with E-state index in [0.717, 1.165) is 38.9 Å². The highest BCUT2D eigenvalue weighted by Gasteiger charge is 2.23. The summed E-state index contributed by atoms with van der Waals surface area (Å²) in [5.41, 5.74) is 0. The van der Waals surface area contributed by atoms with Crippen molar-refractivity contribution < 1.29 is 9.59 Å². The van der Waals surface area contributed by atoms with E-state index < -0.39 is 0 Å². The summed E-state index contributed by atoms with van der Waals surface area (Å²) < 4.78 is 0. The van der Waals surface area contributed by atoms with Crippen LogP contribution in [-0.4, -0.2) is 72.4 Å². The molecule has 5 nitrogen and oxygen atoms in total. The van der Waals surface area contributed by atoms with E-state index in [1.165, 1.54) is 0 Å². The van der Waals surface area contributed by atoms with Gasteiger partial charge >= 0.3 is 0 Å². The third kappa shape index (κ3) is 4.38. The van der Waals surface area contributed by atoms with E-state index >= 15 is 0 Å². The summed E-state index contributed by atoms with van der Waals surface area (Å²) in [5.74, 6) is 0.687. The van der Waals surface area contributed by atoms with Gasteiger partial charge in [-0.25, -0.2) is 0 Å². The summed E-state index contributed by atoms with van der Waals surface area (Å²) in [6.45, 7) is 3.82. The molecule has 108 valence electrons. The first kappa shape index (κ1) is 14.7. The normalized spacial score (nSPS) is 22.5. The fourth-order valence-corrected chi connectivity index (χ4v) is 3.57. The molecular formula is C13H23N3O2S. The Morgan fingerprint density at radius 1 is 1.37 bits per heavy atom. The van der Waals surface area contributed by atoms with Crippen molar-refractivity contribution in [2.24, 2.45) is 0 Å². The minimum Gasteiger partial charge on any atom is -0.344 e. The second kappa shape index (κ2) is 7.14. The first-order valence-corrected chi connectivity index (χ1v) is 8.06. The van der Waals surface area contributed by atoms with Gasteiger partial charge in [0.25, 0.3) is 0 Å².